The minimum Gasteiger partial charge on any atom is -0.454 e. The number of hydrogen-bond acceptors (Lipinski definition) is 3. The van der Waals surface area contributed by atoms with E-state index >= 15 is 0 Å². The van der Waals surface area contributed by atoms with Crippen LogP contribution in [-0.2, 0) is 14.3 Å². The first-order valence-corrected chi connectivity index (χ1v) is 7.00. The maximum Gasteiger partial charge on any atom is 0.334 e. The Hall–Kier alpha value is -1.35. The van der Waals surface area contributed by atoms with Crippen molar-refractivity contribution in [2.24, 2.45) is 5.92 Å². The van der Waals surface area contributed by atoms with Gasteiger partial charge in [-0.05, 0) is 37.7 Å². The highest BCUT2D eigenvalue weighted by atomic mass is 16.6. The molecule has 1 aliphatic heterocycles. The second kappa shape index (κ2) is 4.97. The van der Waals surface area contributed by atoms with Gasteiger partial charge in [0.15, 0.2) is 0 Å². The number of fused-ring (bicyclic) bond motifs is 2. The molecule has 0 bridgehead atoms. The van der Waals surface area contributed by atoms with Crippen LogP contribution >= 0.6 is 0 Å². The lowest BCUT2D eigenvalue weighted by Crippen LogP contribution is -2.22. The zero-order valence-corrected chi connectivity index (χ0v) is 11.4. The fourth-order valence-electron chi connectivity index (χ4n) is 3.56. The minimum absolute atomic E-state index is 0.0171. The average molecular weight is 260 g/mol. The second-order valence-corrected chi connectivity index (χ2v) is 5.55. The molecule has 0 saturated carbocycles. The van der Waals surface area contributed by atoms with E-state index in [0.717, 1.165) is 37.7 Å². The zero-order valence-electron chi connectivity index (χ0n) is 11.4. The van der Waals surface area contributed by atoms with E-state index in [1.165, 1.54) is 11.1 Å². The lowest BCUT2D eigenvalue weighted by atomic mass is 9.91. The van der Waals surface area contributed by atoms with Crippen LogP contribution in [0.25, 0.3) is 0 Å². The van der Waals surface area contributed by atoms with E-state index in [4.69, 9.17) is 9.47 Å². The number of esters is 1. The molecule has 2 aliphatic carbocycles. The minimum atomic E-state index is -0.136. The quantitative estimate of drug-likeness (QED) is 0.444. The summed E-state index contributed by atoms with van der Waals surface area (Å²) in [4.78, 5) is 11.9. The lowest BCUT2D eigenvalue weighted by Gasteiger charge is -2.24. The van der Waals surface area contributed by atoms with E-state index in [0.29, 0.717) is 0 Å². The van der Waals surface area contributed by atoms with Gasteiger partial charge in [-0.2, -0.15) is 0 Å². The topological polar surface area (TPSA) is 35.5 Å². The van der Waals surface area contributed by atoms with Crippen molar-refractivity contribution in [3.05, 3.63) is 35.5 Å². The van der Waals surface area contributed by atoms with E-state index in [1.807, 2.05) is 12.2 Å². The molecule has 1 heterocycles. The highest BCUT2D eigenvalue weighted by Gasteiger charge is 2.48. The van der Waals surface area contributed by atoms with Crippen LogP contribution in [0, 0.1) is 5.92 Å². The molecule has 0 spiro atoms. The number of carbonyl (C=O) groups is 1. The molecule has 0 aromatic carbocycles. The van der Waals surface area contributed by atoms with Gasteiger partial charge in [-0.3, -0.25) is 0 Å². The van der Waals surface area contributed by atoms with Crippen LogP contribution in [0.3, 0.4) is 0 Å². The van der Waals surface area contributed by atoms with Gasteiger partial charge in [-0.25, -0.2) is 4.79 Å². The molecule has 0 aromatic heterocycles. The summed E-state index contributed by atoms with van der Waals surface area (Å²) in [6.45, 7) is 3.70. The van der Waals surface area contributed by atoms with Crippen molar-refractivity contribution in [2.45, 2.75) is 44.3 Å². The number of ether oxygens (including phenoxy) is 2. The zero-order chi connectivity index (χ0) is 13.4. The van der Waals surface area contributed by atoms with E-state index in [9.17, 15) is 4.79 Å². The van der Waals surface area contributed by atoms with Crippen LogP contribution in [0.4, 0.5) is 0 Å². The third-order valence-electron chi connectivity index (χ3n) is 4.55. The molecule has 3 nitrogen and oxygen atoms in total. The summed E-state index contributed by atoms with van der Waals surface area (Å²) in [5.74, 6) is 0.107. The highest BCUT2D eigenvalue weighted by Crippen LogP contribution is 2.48. The van der Waals surface area contributed by atoms with E-state index in [-0.39, 0.29) is 24.1 Å². The fraction of sp³-hybridized carbons (Fsp3) is 0.562. The van der Waals surface area contributed by atoms with Crippen molar-refractivity contribution in [1.29, 1.82) is 0 Å². The van der Waals surface area contributed by atoms with Gasteiger partial charge in [-0.1, -0.05) is 17.7 Å². The van der Waals surface area contributed by atoms with Crippen LogP contribution in [0.5, 0.6) is 0 Å². The molecule has 102 valence electrons. The second-order valence-electron chi connectivity index (χ2n) is 5.55. The SMILES string of the molecule is C=CC/C=C1/C(=O)OC2C3=C(CCC(OC)C3)CC12. The summed E-state index contributed by atoms with van der Waals surface area (Å²) in [6.07, 6.45) is 8.90. The summed E-state index contributed by atoms with van der Waals surface area (Å²) in [5, 5.41) is 0. The fourth-order valence-corrected chi connectivity index (χ4v) is 3.56. The van der Waals surface area contributed by atoms with Gasteiger partial charge < -0.3 is 9.47 Å². The van der Waals surface area contributed by atoms with Crippen LogP contribution < -0.4 is 0 Å². The number of rotatable bonds is 3. The van der Waals surface area contributed by atoms with Crippen LogP contribution in [0.1, 0.15) is 32.1 Å². The normalized spacial score (nSPS) is 35.3. The molecule has 3 aliphatic rings. The number of methoxy groups -OCH3 is 1. The van der Waals surface area contributed by atoms with Crippen molar-refractivity contribution in [1.82, 2.24) is 0 Å². The van der Waals surface area contributed by atoms with Crippen molar-refractivity contribution < 1.29 is 14.3 Å². The smallest absolute Gasteiger partial charge is 0.334 e. The average Bonchev–Trinajstić information content (AvgIpc) is 2.91. The molecule has 1 saturated heterocycles. The van der Waals surface area contributed by atoms with E-state index in [1.54, 1.807) is 7.11 Å². The summed E-state index contributed by atoms with van der Waals surface area (Å²) in [5.41, 5.74) is 3.69. The Balaban J connectivity index is 1.83. The predicted octanol–water partition coefficient (Wildman–Crippen LogP) is 2.93. The third kappa shape index (κ3) is 2.06. The standard InChI is InChI=1S/C16H20O3/c1-3-4-5-12-14-8-10-6-7-11(18-2)9-13(10)15(14)19-16(12)17/h3,5,11,14-15H,1,4,6-9H2,2H3/b12-5+. The van der Waals surface area contributed by atoms with Crippen molar-refractivity contribution in [2.75, 3.05) is 7.11 Å². The Morgan fingerprint density at radius 1 is 1.47 bits per heavy atom. The maximum atomic E-state index is 11.9. The van der Waals surface area contributed by atoms with Gasteiger partial charge in [-0.15, -0.1) is 6.58 Å². The van der Waals surface area contributed by atoms with Crippen molar-refractivity contribution in [3.8, 4) is 0 Å². The molecular weight excluding hydrogens is 240 g/mol. The molecule has 0 amide bonds. The monoisotopic (exact) mass is 260 g/mol. The van der Waals surface area contributed by atoms with Gasteiger partial charge in [0.2, 0.25) is 0 Å². The number of hydrogen-bond donors (Lipinski definition) is 0. The Bertz CT molecular complexity index is 472. The largest absolute Gasteiger partial charge is 0.454 e. The van der Waals surface area contributed by atoms with Gasteiger partial charge in [0.1, 0.15) is 6.10 Å². The number of carbonyl (C=O) groups excluding carboxylic acids is 1. The summed E-state index contributed by atoms with van der Waals surface area (Å²) < 4.78 is 11.1. The molecular formula is C16H20O3. The van der Waals surface area contributed by atoms with E-state index in [2.05, 4.69) is 6.58 Å². The van der Waals surface area contributed by atoms with E-state index < -0.39 is 0 Å². The van der Waals surface area contributed by atoms with Crippen LogP contribution in [-0.4, -0.2) is 25.3 Å². The van der Waals surface area contributed by atoms with Gasteiger partial charge in [0.05, 0.1) is 6.10 Å². The summed E-state index contributed by atoms with van der Waals surface area (Å²) >= 11 is 0. The molecule has 1 fully saturated rings. The molecule has 3 unspecified atom stereocenters. The first-order chi connectivity index (χ1) is 9.24. The molecule has 3 atom stereocenters. The maximum absolute atomic E-state index is 11.9. The molecule has 19 heavy (non-hydrogen) atoms. The Morgan fingerprint density at radius 2 is 2.32 bits per heavy atom. The highest BCUT2D eigenvalue weighted by molar-refractivity contribution is 5.92. The van der Waals surface area contributed by atoms with Crippen LogP contribution in [0.15, 0.2) is 35.5 Å². The summed E-state index contributed by atoms with van der Waals surface area (Å²) in [6, 6.07) is 0. The molecule has 3 rings (SSSR count). The first kappa shape index (κ1) is 12.7. The Kier molecular flexibility index (Phi) is 3.31. The molecule has 0 aromatic rings. The van der Waals surface area contributed by atoms with Crippen molar-refractivity contribution in [3.63, 3.8) is 0 Å². The first-order valence-electron chi connectivity index (χ1n) is 7.00. The van der Waals surface area contributed by atoms with Crippen LogP contribution in [0.2, 0.25) is 0 Å². The third-order valence-corrected chi connectivity index (χ3v) is 4.55. The van der Waals surface area contributed by atoms with Crippen molar-refractivity contribution >= 4 is 5.97 Å². The molecule has 0 radical (unpaired) electrons. The predicted molar refractivity (Wildman–Crippen MR) is 72.6 cm³/mol. The Labute approximate surface area is 114 Å². The van der Waals surface area contributed by atoms with Gasteiger partial charge in [0, 0.05) is 18.6 Å². The van der Waals surface area contributed by atoms with Gasteiger partial charge >= 0.3 is 5.97 Å². The summed E-state index contributed by atoms with van der Waals surface area (Å²) in [7, 11) is 1.76. The lowest BCUT2D eigenvalue weighted by molar-refractivity contribution is -0.137. The Morgan fingerprint density at radius 3 is 3.05 bits per heavy atom. The molecule has 3 heteroatoms. The molecule has 0 N–H and O–H groups in total. The van der Waals surface area contributed by atoms with Gasteiger partial charge in [0.25, 0.3) is 0 Å². The number of allylic oxidation sites excluding steroid dienone is 3.